The lowest BCUT2D eigenvalue weighted by Crippen LogP contribution is -2.19. The fraction of sp³-hybridized carbons (Fsp3) is 0.125. The minimum absolute atomic E-state index is 0.0785. The quantitative estimate of drug-likeness (QED) is 0.297. The van der Waals surface area contributed by atoms with E-state index in [1.807, 2.05) is 29.7 Å². The number of rotatable bonds is 5. The average molecular weight is 534 g/mol. The number of carboxylic acids is 2. The highest BCUT2D eigenvalue weighted by Crippen LogP contribution is 2.33. The molecule has 1 aliphatic rings. The molecular formula is C32H23NO7. The van der Waals surface area contributed by atoms with E-state index < -0.39 is 11.9 Å². The Balaban J connectivity index is 1.63. The van der Waals surface area contributed by atoms with E-state index in [-0.39, 0.29) is 28.9 Å². The molecular weight excluding hydrogens is 510 g/mol. The van der Waals surface area contributed by atoms with E-state index in [2.05, 4.69) is 0 Å². The highest BCUT2D eigenvalue weighted by Gasteiger charge is 2.26. The molecule has 0 unspecified atom stereocenters. The Morgan fingerprint density at radius 1 is 0.800 bits per heavy atom. The molecule has 0 fully saturated rings. The molecule has 2 N–H and O–H groups in total. The summed E-state index contributed by atoms with van der Waals surface area (Å²) in [5, 5.41) is 20.1. The Bertz CT molecular complexity index is 1970. The van der Waals surface area contributed by atoms with Crippen LogP contribution < -0.4 is 10.2 Å². The molecule has 8 heteroatoms. The van der Waals surface area contributed by atoms with Gasteiger partial charge >= 0.3 is 11.9 Å². The van der Waals surface area contributed by atoms with Gasteiger partial charge in [-0.1, -0.05) is 17.7 Å². The molecule has 0 radical (unpaired) electrons. The lowest BCUT2D eigenvalue weighted by atomic mass is 9.84. The Kier molecular flexibility index (Phi) is 5.76. The summed E-state index contributed by atoms with van der Waals surface area (Å²) in [6.45, 7) is 1.97. The van der Waals surface area contributed by atoms with Crippen LogP contribution >= 0.6 is 0 Å². The zero-order valence-corrected chi connectivity index (χ0v) is 21.6. The average Bonchev–Trinajstić information content (AvgIpc) is 2.94. The van der Waals surface area contributed by atoms with Crippen LogP contribution in [0.4, 0.5) is 0 Å². The van der Waals surface area contributed by atoms with Crippen molar-refractivity contribution in [1.29, 1.82) is 0 Å². The number of aromatic nitrogens is 1. The molecule has 0 spiro atoms. The van der Waals surface area contributed by atoms with Crippen LogP contribution in [0.2, 0.25) is 0 Å². The Morgan fingerprint density at radius 3 is 2.15 bits per heavy atom. The van der Waals surface area contributed by atoms with E-state index in [4.69, 9.17) is 4.74 Å². The van der Waals surface area contributed by atoms with Gasteiger partial charge < -0.3 is 19.5 Å². The van der Waals surface area contributed by atoms with Crippen LogP contribution in [0, 0.1) is 6.92 Å². The van der Waals surface area contributed by atoms with Gasteiger partial charge in [0.25, 0.3) is 0 Å². The lowest BCUT2D eigenvalue weighted by molar-refractivity contribution is 0.0696. The molecule has 40 heavy (non-hydrogen) atoms. The number of aryl methyl sites for hydroxylation is 1. The first-order valence-electron chi connectivity index (χ1n) is 12.6. The maximum absolute atomic E-state index is 13.8. The van der Waals surface area contributed by atoms with E-state index in [1.54, 1.807) is 30.3 Å². The number of hydrogen-bond donors (Lipinski definition) is 2. The fourth-order valence-corrected chi connectivity index (χ4v) is 5.52. The largest absolute Gasteiger partial charge is 0.497 e. The topological polar surface area (TPSA) is 123 Å². The number of pyridine rings is 1. The second-order valence-corrected chi connectivity index (χ2v) is 10.0. The van der Waals surface area contributed by atoms with Crippen LogP contribution in [0.5, 0.6) is 5.75 Å². The lowest BCUT2D eigenvalue weighted by Gasteiger charge is -2.22. The number of benzene rings is 4. The Labute approximate surface area is 227 Å². The van der Waals surface area contributed by atoms with Gasteiger partial charge in [-0.05, 0) is 84.6 Å². The van der Waals surface area contributed by atoms with Crippen LogP contribution in [0.15, 0.2) is 71.5 Å². The zero-order valence-electron chi connectivity index (χ0n) is 21.6. The molecule has 8 nitrogen and oxygen atoms in total. The van der Waals surface area contributed by atoms with E-state index in [0.717, 1.165) is 22.8 Å². The van der Waals surface area contributed by atoms with Crippen molar-refractivity contribution in [2.75, 3.05) is 7.11 Å². The monoisotopic (exact) mass is 533 g/mol. The smallest absolute Gasteiger partial charge is 0.335 e. The van der Waals surface area contributed by atoms with Gasteiger partial charge in [-0.3, -0.25) is 9.59 Å². The van der Waals surface area contributed by atoms with Crippen molar-refractivity contribution in [2.45, 2.75) is 19.9 Å². The molecule has 1 heterocycles. The number of carbonyl (C=O) groups is 3. The normalized spacial score (nSPS) is 12.3. The predicted molar refractivity (Wildman–Crippen MR) is 149 cm³/mol. The van der Waals surface area contributed by atoms with Crippen LogP contribution in [0.3, 0.4) is 0 Å². The summed E-state index contributed by atoms with van der Waals surface area (Å²) in [6, 6.07) is 18.3. The maximum atomic E-state index is 13.8. The van der Waals surface area contributed by atoms with Crippen molar-refractivity contribution in [3.8, 4) is 5.75 Å². The summed E-state index contributed by atoms with van der Waals surface area (Å²) in [4.78, 5) is 50.9. The van der Waals surface area contributed by atoms with E-state index in [9.17, 15) is 29.4 Å². The van der Waals surface area contributed by atoms with Crippen LogP contribution in [-0.4, -0.2) is 39.6 Å². The molecule has 6 rings (SSSR count). The number of hydrogen-bond acceptors (Lipinski definition) is 5. The molecule has 0 atom stereocenters. The highest BCUT2D eigenvalue weighted by molar-refractivity contribution is 6.14. The SMILES string of the molecule is COc1ccc2c(c1)C(=O)c1cc3c(cc1C2)c(=O)c1cc(C)ccc1n3Cc1cc(C(=O)O)cc(C(=O)O)c1. The van der Waals surface area contributed by atoms with Crippen molar-refractivity contribution in [3.63, 3.8) is 0 Å². The highest BCUT2D eigenvalue weighted by atomic mass is 16.5. The van der Waals surface area contributed by atoms with Crippen molar-refractivity contribution < 1.29 is 29.3 Å². The number of nitrogens with zero attached hydrogens (tertiary/aromatic N) is 1. The van der Waals surface area contributed by atoms with Gasteiger partial charge in [-0.25, -0.2) is 9.59 Å². The number of carbonyl (C=O) groups excluding carboxylic acids is 1. The Hall–Kier alpha value is -5.24. The summed E-state index contributed by atoms with van der Waals surface area (Å²) in [5.74, 6) is -2.10. The molecule has 1 aromatic heterocycles. The Morgan fingerprint density at radius 2 is 1.48 bits per heavy atom. The number of fused-ring (bicyclic) bond motifs is 4. The third-order valence-electron chi connectivity index (χ3n) is 7.46. The molecule has 0 bridgehead atoms. The summed E-state index contributed by atoms with van der Waals surface area (Å²) < 4.78 is 7.16. The van der Waals surface area contributed by atoms with Gasteiger partial charge in [0.15, 0.2) is 11.2 Å². The first-order chi connectivity index (χ1) is 19.1. The molecule has 0 aliphatic heterocycles. The molecule has 0 saturated carbocycles. The zero-order chi connectivity index (χ0) is 28.3. The van der Waals surface area contributed by atoms with Crippen molar-refractivity contribution in [2.24, 2.45) is 0 Å². The van der Waals surface area contributed by atoms with Crippen LogP contribution in [0.25, 0.3) is 21.8 Å². The molecule has 1 aliphatic carbocycles. The fourth-order valence-electron chi connectivity index (χ4n) is 5.52. The molecule has 0 amide bonds. The third-order valence-corrected chi connectivity index (χ3v) is 7.46. The van der Waals surface area contributed by atoms with E-state index in [0.29, 0.717) is 50.7 Å². The minimum atomic E-state index is -1.25. The van der Waals surface area contributed by atoms with Gasteiger partial charge in [0, 0.05) is 28.4 Å². The van der Waals surface area contributed by atoms with Gasteiger partial charge in [-0.2, -0.15) is 0 Å². The summed E-state index contributed by atoms with van der Waals surface area (Å²) >= 11 is 0. The summed E-state index contributed by atoms with van der Waals surface area (Å²) in [7, 11) is 1.54. The van der Waals surface area contributed by atoms with Crippen LogP contribution in [-0.2, 0) is 13.0 Å². The van der Waals surface area contributed by atoms with E-state index in [1.165, 1.54) is 19.2 Å². The molecule has 198 valence electrons. The van der Waals surface area contributed by atoms with E-state index >= 15 is 0 Å². The first-order valence-corrected chi connectivity index (χ1v) is 12.6. The molecule has 5 aromatic rings. The minimum Gasteiger partial charge on any atom is -0.497 e. The number of carboxylic acid groups (broad SMARTS) is 2. The predicted octanol–water partition coefficient (Wildman–Crippen LogP) is 5.05. The number of methoxy groups -OCH3 is 1. The van der Waals surface area contributed by atoms with Crippen molar-refractivity contribution in [1.82, 2.24) is 4.57 Å². The van der Waals surface area contributed by atoms with Gasteiger partial charge in [0.1, 0.15) is 5.75 Å². The van der Waals surface area contributed by atoms with Crippen LogP contribution in [0.1, 0.15) is 58.9 Å². The second-order valence-electron chi connectivity index (χ2n) is 10.0. The molecule has 0 saturated heterocycles. The van der Waals surface area contributed by atoms with Gasteiger partial charge in [0.05, 0.1) is 29.3 Å². The summed E-state index contributed by atoms with van der Waals surface area (Å²) in [6.07, 6.45) is 0.476. The number of ether oxygens (including phenoxy) is 1. The number of ketones is 1. The van der Waals surface area contributed by atoms with Crippen molar-refractivity contribution >= 4 is 39.5 Å². The second kappa shape index (κ2) is 9.20. The van der Waals surface area contributed by atoms with Crippen molar-refractivity contribution in [3.05, 3.63) is 121 Å². The standard InChI is InChI=1S/C32H23NO7/c1-16-3-6-27-25(7-16)30(35)26-12-19-10-18-4-5-22(40-2)13-23(18)29(34)24(19)14-28(26)33(27)15-17-8-20(31(36)37)11-21(9-17)32(38)39/h3-9,11-14H,10,15H2,1-2H3,(H,36,37)(H,38,39). The summed E-state index contributed by atoms with van der Waals surface area (Å²) in [5.41, 5.74) is 4.53. The third kappa shape index (κ3) is 4.01. The van der Waals surface area contributed by atoms with Gasteiger partial charge in [-0.15, -0.1) is 0 Å². The molecule has 4 aromatic carbocycles. The maximum Gasteiger partial charge on any atom is 0.335 e. The van der Waals surface area contributed by atoms with Gasteiger partial charge in [0.2, 0.25) is 0 Å². The number of aromatic carboxylic acids is 2. The first kappa shape index (κ1) is 25.1.